The third kappa shape index (κ3) is 15.8. The topological polar surface area (TPSA) is 177 Å². The summed E-state index contributed by atoms with van der Waals surface area (Å²) in [5.41, 5.74) is -2.38. The Morgan fingerprint density at radius 1 is 0.917 bits per heavy atom. The number of carboxylic acids is 1. The van der Waals surface area contributed by atoms with Crippen LogP contribution in [-0.4, -0.2) is 74.8 Å². The maximum Gasteiger partial charge on any atom is 0.459 e. The number of anilines is 1. The van der Waals surface area contributed by atoms with Gasteiger partial charge < -0.3 is 29.2 Å². The Morgan fingerprint density at radius 2 is 1.53 bits per heavy atom. The maximum atomic E-state index is 14.0. The van der Waals surface area contributed by atoms with E-state index in [4.69, 9.17) is 23.3 Å². The van der Waals surface area contributed by atoms with Gasteiger partial charge in [-0.15, -0.1) is 0 Å². The predicted molar refractivity (Wildman–Crippen MR) is 261 cm³/mol. The standard InChI is InChI=1S/C49H59F6N4O10PS2/c1-31(42(61)62)58-70(64,69-36-10-8-7-9-11-36)66-27-38-41-47(6,30-65-46(4,5)68-41)43(67-38)59-24-21-39(57-44(59)63)56-40(60)26-45(2,3)23-20-37(72-29-33-14-18-35(19-15-33)49(53,54)55)22-25-71-28-32-12-16-34(17-13-32)48(50,51)52/h7-19,21,24,31,37-38,41,43H,20,22-23,25-30H2,1-6H3,(H,58,64)(H,61,62)(H,56,57,60,63)/t31?,37?,38-,41-,43-,47-,70?/m1/s1. The molecule has 0 saturated carbocycles. The fourth-order valence-corrected chi connectivity index (χ4v) is 12.0. The molecule has 3 unspecified atom stereocenters. The number of benzene rings is 3. The molecule has 2 aliphatic rings. The molecule has 2 saturated heterocycles. The molecule has 3 N–H and O–H groups in total. The van der Waals surface area contributed by atoms with E-state index in [2.05, 4.69) is 15.4 Å². The minimum absolute atomic E-state index is 0.0124. The second-order valence-corrected chi connectivity index (χ2v) is 23.3. The lowest BCUT2D eigenvalue weighted by molar-refractivity contribution is -0.314. The summed E-state index contributed by atoms with van der Waals surface area (Å²) in [6.07, 6.45) is -8.36. The van der Waals surface area contributed by atoms with Crippen LogP contribution in [0.3, 0.4) is 0 Å². The van der Waals surface area contributed by atoms with Crippen LogP contribution in [0.25, 0.3) is 0 Å². The molecule has 1 amide bonds. The number of hydrogen-bond acceptors (Lipinski definition) is 12. The Morgan fingerprint density at radius 3 is 2.11 bits per heavy atom. The van der Waals surface area contributed by atoms with Gasteiger partial charge in [0.25, 0.3) is 0 Å². The Bertz CT molecular complexity index is 2570. The lowest BCUT2D eigenvalue weighted by Crippen LogP contribution is -2.55. The molecular formula is C49H59F6N4O10PS2. The number of amides is 1. The van der Waals surface area contributed by atoms with Gasteiger partial charge in [0, 0.05) is 29.4 Å². The largest absolute Gasteiger partial charge is 0.480 e. The smallest absolute Gasteiger partial charge is 0.459 e. The van der Waals surface area contributed by atoms with Crippen molar-refractivity contribution >= 4 is 49.0 Å². The molecule has 7 atom stereocenters. The van der Waals surface area contributed by atoms with Gasteiger partial charge in [-0.1, -0.05) is 63.2 Å². The number of halogens is 6. The number of nitrogens with one attached hydrogen (secondary N) is 2. The van der Waals surface area contributed by atoms with Gasteiger partial charge in [-0.25, -0.2) is 9.36 Å². The highest BCUT2D eigenvalue weighted by Gasteiger charge is 2.60. The average molecular weight is 1070 g/mol. The summed E-state index contributed by atoms with van der Waals surface area (Å²) in [5.74, 6) is -1.06. The number of ether oxygens (including phenoxy) is 3. The van der Waals surface area contributed by atoms with Crippen LogP contribution in [0.4, 0.5) is 32.2 Å². The first-order valence-electron chi connectivity index (χ1n) is 23.0. The first kappa shape index (κ1) is 56.9. The van der Waals surface area contributed by atoms with Crippen LogP contribution in [0.15, 0.2) is 95.9 Å². The molecule has 14 nitrogen and oxygen atoms in total. The molecule has 0 aliphatic carbocycles. The Labute approximate surface area is 422 Å². The van der Waals surface area contributed by atoms with Gasteiger partial charge in [-0.2, -0.15) is 59.9 Å². The molecule has 0 bridgehead atoms. The van der Waals surface area contributed by atoms with Gasteiger partial charge in [-0.05, 0) is 105 Å². The molecule has 0 radical (unpaired) electrons. The number of alkyl halides is 6. The van der Waals surface area contributed by atoms with E-state index in [1.54, 1.807) is 62.5 Å². The quantitative estimate of drug-likeness (QED) is 0.0363. The summed E-state index contributed by atoms with van der Waals surface area (Å²) < 4.78 is 124. The van der Waals surface area contributed by atoms with Crippen molar-refractivity contribution < 1.29 is 68.9 Å². The molecule has 2 aliphatic heterocycles. The summed E-state index contributed by atoms with van der Waals surface area (Å²) in [5, 5.41) is 14.8. The van der Waals surface area contributed by atoms with E-state index in [-0.39, 0.29) is 29.8 Å². The lowest BCUT2D eigenvalue weighted by atomic mass is 9.81. The summed E-state index contributed by atoms with van der Waals surface area (Å²) in [6, 6.07) is 18.2. The van der Waals surface area contributed by atoms with Gasteiger partial charge >= 0.3 is 31.8 Å². The number of thioether (sulfide) groups is 2. The van der Waals surface area contributed by atoms with Gasteiger partial charge in [0.05, 0.1) is 29.8 Å². The first-order valence-corrected chi connectivity index (χ1v) is 26.8. The van der Waals surface area contributed by atoms with Gasteiger partial charge in [0.1, 0.15) is 36.0 Å². The highest BCUT2D eigenvalue weighted by atomic mass is 32.2. The molecule has 3 aromatic carbocycles. The van der Waals surface area contributed by atoms with Crippen LogP contribution >= 0.6 is 31.3 Å². The van der Waals surface area contributed by atoms with Crippen molar-refractivity contribution in [3.63, 3.8) is 0 Å². The zero-order chi connectivity index (χ0) is 52.7. The van der Waals surface area contributed by atoms with E-state index in [0.29, 0.717) is 42.1 Å². The first-order chi connectivity index (χ1) is 33.6. The number of carboxylic acid groups (broad SMARTS) is 1. The van der Waals surface area contributed by atoms with E-state index in [9.17, 15) is 50.4 Å². The van der Waals surface area contributed by atoms with Crippen molar-refractivity contribution in [3.05, 3.63) is 124 Å². The number of para-hydroxylation sites is 1. The van der Waals surface area contributed by atoms with Crippen molar-refractivity contribution in [2.45, 2.75) is 127 Å². The van der Waals surface area contributed by atoms with E-state index in [0.717, 1.165) is 29.8 Å². The second kappa shape index (κ2) is 23.4. The summed E-state index contributed by atoms with van der Waals surface area (Å²) >= 11 is 3.15. The normalized spacial score (nSPS) is 21.8. The number of fused-ring (bicyclic) bond motifs is 1. The number of aromatic nitrogens is 2. The number of aliphatic carboxylic acids is 1. The maximum absolute atomic E-state index is 14.0. The molecule has 6 rings (SSSR count). The Kier molecular flexibility index (Phi) is 18.5. The number of hydrogen-bond donors (Lipinski definition) is 3. The summed E-state index contributed by atoms with van der Waals surface area (Å²) in [4.78, 5) is 43.2. The van der Waals surface area contributed by atoms with E-state index < -0.39 is 96.5 Å². The molecule has 4 aromatic rings. The molecule has 1 aromatic heterocycles. The molecule has 0 spiro atoms. The number of carbonyl (C=O) groups is 2. The van der Waals surface area contributed by atoms with Gasteiger partial charge in [-0.3, -0.25) is 18.7 Å². The second-order valence-electron chi connectivity index (χ2n) is 19.2. The monoisotopic (exact) mass is 1070 g/mol. The SMILES string of the molecule is CC(NP(=O)(OC[C@H]1O[C@@H](n2ccc(NC(=O)CC(C)(C)CCC(CCSCc3ccc(C(F)(F)F)cc3)SCc3ccc(C(F)(F)F)cc3)nc2=O)[C@]2(C)COC(C)(C)O[C@H]12)Oc1ccccc1)C(=O)O. The fraction of sp³-hybridized carbons (Fsp3) is 0.510. The number of rotatable bonds is 23. The van der Waals surface area contributed by atoms with Crippen LogP contribution in [0, 0.1) is 10.8 Å². The van der Waals surface area contributed by atoms with E-state index >= 15 is 0 Å². The number of nitrogens with zero attached hydrogens (tertiary/aromatic N) is 2. The average Bonchev–Trinajstić information content (AvgIpc) is 3.57. The Hall–Kier alpha value is -4.41. The number of carbonyl (C=O) groups excluding carboxylic acids is 1. The zero-order valence-corrected chi connectivity index (χ0v) is 43.0. The molecule has 23 heteroatoms. The molecular weight excluding hydrogens is 1010 g/mol. The van der Waals surface area contributed by atoms with Crippen molar-refractivity contribution in [2.75, 3.05) is 24.3 Å². The predicted octanol–water partition coefficient (Wildman–Crippen LogP) is 11.4. The van der Waals surface area contributed by atoms with Crippen LogP contribution < -0.4 is 20.6 Å². The van der Waals surface area contributed by atoms with Crippen LogP contribution in [-0.2, 0) is 56.7 Å². The van der Waals surface area contributed by atoms with Crippen molar-refractivity contribution in [1.29, 1.82) is 0 Å². The molecule has 2 fully saturated rings. The molecule has 394 valence electrons. The third-order valence-electron chi connectivity index (χ3n) is 12.1. The summed E-state index contributed by atoms with van der Waals surface area (Å²) in [7, 11) is -4.37. The van der Waals surface area contributed by atoms with Crippen molar-refractivity contribution in [1.82, 2.24) is 14.6 Å². The van der Waals surface area contributed by atoms with Gasteiger partial charge in [0.2, 0.25) is 5.91 Å². The highest BCUT2D eigenvalue weighted by Crippen LogP contribution is 2.53. The lowest BCUT2D eigenvalue weighted by Gasteiger charge is -2.45. The van der Waals surface area contributed by atoms with E-state index in [1.165, 1.54) is 60.2 Å². The summed E-state index contributed by atoms with van der Waals surface area (Å²) in [6.45, 7) is 9.94. The molecule has 3 heterocycles. The third-order valence-corrected chi connectivity index (χ3v) is 16.3. The zero-order valence-electron chi connectivity index (χ0n) is 40.5. The minimum atomic E-state index is -4.46. The van der Waals surface area contributed by atoms with Crippen LogP contribution in [0.2, 0.25) is 0 Å². The van der Waals surface area contributed by atoms with Crippen molar-refractivity contribution in [2.24, 2.45) is 10.8 Å². The molecule has 72 heavy (non-hydrogen) atoms. The van der Waals surface area contributed by atoms with E-state index in [1.807, 2.05) is 13.8 Å². The van der Waals surface area contributed by atoms with Gasteiger partial charge in [0.15, 0.2) is 5.79 Å². The van der Waals surface area contributed by atoms with Crippen LogP contribution in [0.5, 0.6) is 5.75 Å². The minimum Gasteiger partial charge on any atom is -0.480 e. The van der Waals surface area contributed by atoms with Crippen LogP contribution in [0.1, 0.15) is 95.7 Å². The fourth-order valence-electron chi connectivity index (χ4n) is 8.11. The van der Waals surface area contributed by atoms with Crippen molar-refractivity contribution in [3.8, 4) is 5.75 Å². The Balaban J connectivity index is 1.08. The highest BCUT2D eigenvalue weighted by molar-refractivity contribution is 7.99.